The number of aliphatic carboxylic acids is 1. The molecule has 1 aromatic heterocycles. The van der Waals surface area contributed by atoms with E-state index in [1.165, 1.54) is 4.57 Å². The van der Waals surface area contributed by atoms with E-state index in [-0.39, 0.29) is 12.2 Å². The van der Waals surface area contributed by atoms with Crippen molar-refractivity contribution in [3.63, 3.8) is 0 Å². The highest BCUT2D eigenvalue weighted by Crippen LogP contribution is 2.28. The minimum absolute atomic E-state index is 0.179. The van der Waals surface area contributed by atoms with E-state index in [1.807, 2.05) is 25.1 Å². The fourth-order valence-corrected chi connectivity index (χ4v) is 3.73. The van der Waals surface area contributed by atoms with Crippen LogP contribution in [-0.4, -0.2) is 31.7 Å². The minimum Gasteiger partial charge on any atom is -0.480 e. The van der Waals surface area contributed by atoms with Gasteiger partial charge in [0.1, 0.15) is 12.1 Å². The molecule has 7 heteroatoms. The van der Waals surface area contributed by atoms with Crippen LogP contribution in [0.4, 0.5) is 0 Å². The number of benzene rings is 1. The van der Waals surface area contributed by atoms with Gasteiger partial charge in [-0.25, -0.2) is 9.59 Å². The van der Waals surface area contributed by atoms with Crippen LogP contribution in [0.25, 0.3) is 11.0 Å². The van der Waals surface area contributed by atoms with Gasteiger partial charge in [0.2, 0.25) is 5.91 Å². The number of carboxylic acids is 1. The summed E-state index contributed by atoms with van der Waals surface area (Å²) < 4.78 is 3.02. The van der Waals surface area contributed by atoms with Gasteiger partial charge in [-0.3, -0.25) is 13.9 Å². The van der Waals surface area contributed by atoms with E-state index in [1.54, 1.807) is 10.6 Å². The molecule has 1 aliphatic carbocycles. The number of aryl methyl sites for hydroxylation is 1. The minimum atomic E-state index is -1.21. The molecule has 1 aromatic carbocycles. The van der Waals surface area contributed by atoms with Crippen LogP contribution in [0.5, 0.6) is 0 Å². The number of carbonyl (C=O) groups excluding carboxylic acids is 1. The van der Waals surface area contributed by atoms with Crippen LogP contribution in [0.1, 0.15) is 39.0 Å². The zero-order valence-electron chi connectivity index (χ0n) is 14.3. The number of imidazole rings is 1. The van der Waals surface area contributed by atoms with Crippen molar-refractivity contribution < 1.29 is 14.7 Å². The number of nitrogens with one attached hydrogen (secondary N) is 1. The lowest BCUT2D eigenvalue weighted by atomic mass is 9.81. The Morgan fingerprint density at radius 2 is 1.72 bits per heavy atom. The molecule has 0 bridgehead atoms. The third-order valence-electron chi connectivity index (χ3n) is 5.04. The fourth-order valence-electron chi connectivity index (χ4n) is 3.73. The maximum Gasteiger partial charge on any atom is 0.329 e. The molecule has 0 unspecified atom stereocenters. The van der Waals surface area contributed by atoms with Crippen molar-refractivity contribution in [3.05, 3.63) is 34.7 Å². The van der Waals surface area contributed by atoms with Gasteiger partial charge in [-0.05, 0) is 31.9 Å². The summed E-state index contributed by atoms with van der Waals surface area (Å²) in [6.45, 7) is 2.20. The van der Waals surface area contributed by atoms with Crippen LogP contribution in [-0.2, 0) is 22.7 Å². The monoisotopic (exact) mass is 345 g/mol. The Balaban J connectivity index is 1.89. The maximum atomic E-state index is 12.6. The Bertz CT molecular complexity index is 859. The molecule has 2 aromatic rings. The van der Waals surface area contributed by atoms with Crippen molar-refractivity contribution in [2.75, 3.05) is 0 Å². The number of rotatable bonds is 5. The second-order valence-electron chi connectivity index (χ2n) is 6.60. The second-order valence-corrected chi connectivity index (χ2v) is 6.60. The molecule has 1 saturated carbocycles. The highest BCUT2D eigenvalue weighted by atomic mass is 16.4. The van der Waals surface area contributed by atoms with Crippen molar-refractivity contribution in [2.45, 2.75) is 57.7 Å². The number of carboxylic acid groups (broad SMARTS) is 1. The van der Waals surface area contributed by atoms with Crippen LogP contribution < -0.4 is 11.0 Å². The molecule has 25 heavy (non-hydrogen) atoms. The van der Waals surface area contributed by atoms with Gasteiger partial charge >= 0.3 is 11.7 Å². The van der Waals surface area contributed by atoms with E-state index in [0.29, 0.717) is 24.9 Å². The first-order valence-corrected chi connectivity index (χ1v) is 8.71. The first-order valence-electron chi connectivity index (χ1n) is 8.71. The summed E-state index contributed by atoms with van der Waals surface area (Å²) in [4.78, 5) is 36.8. The van der Waals surface area contributed by atoms with E-state index in [2.05, 4.69) is 5.32 Å². The molecule has 3 rings (SSSR count). The average Bonchev–Trinajstić information content (AvgIpc) is 2.87. The quantitative estimate of drug-likeness (QED) is 0.863. The van der Waals surface area contributed by atoms with E-state index in [9.17, 15) is 19.5 Å². The summed E-state index contributed by atoms with van der Waals surface area (Å²) in [5.41, 5.74) is -0.0139. The van der Waals surface area contributed by atoms with Crippen molar-refractivity contribution in [3.8, 4) is 0 Å². The lowest BCUT2D eigenvalue weighted by Gasteiger charge is -2.34. The third-order valence-corrected chi connectivity index (χ3v) is 5.04. The van der Waals surface area contributed by atoms with Crippen molar-refractivity contribution in [2.24, 2.45) is 0 Å². The molecule has 7 nitrogen and oxygen atoms in total. The second kappa shape index (κ2) is 6.74. The van der Waals surface area contributed by atoms with E-state index in [0.717, 1.165) is 24.8 Å². The van der Waals surface area contributed by atoms with E-state index in [4.69, 9.17) is 0 Å². The number of hydrogen-bond donors (Lipinski definition) is 2. The predicted octanol–water partition coefficient (Wildman–Crippen LogP) is 1.73. The summed E-state index contributed by atoms with van der Waals surface area (Å²) in [6.07, 6.45) is 3.40. The molecule has 0 aliphatic heterocycles. The Hall–Kier alpha value is -2.57. The first-order chi connectivity index (χ1) is 12.0. The number of nitrogens with zero attached hydrogens (tertiary/aromatic N) is 2. The maximum absolute atomic E-state index is 12.6. The Morgan fingerprint density at radius 1 is 1.12 bits per heavy atom. The van der Waals surface area contributed by atoms with Crippen molar-refractivity contribution in [1.29, 1.82) is 0 Å². The highest BCUT2D eigenvalue weighted by Gasteiger charge is 2.41. The Kier molecular flexibility index (Phi) is 4.65. The number of aromatic nitrogens is 2. The van der Waals surface area contributed by atoms with Gasteiger partial charge in [-0.15, -0.1) is 0 Å². The zero-order chi connectivity index (χ0) is 18.0. The molecule has 2 N–H and O–H groups in total. The molecule has 1 amide bonds. The lowest BCUT2D eigenvalue weighted by molar-refractivity contribution is -0.149. The molecule has 0 atom stereocenters. The van der Waals surface area contributed by atoms with Gasteiger partial charge in [0.25, 0.3) is 0 Å². The average molecular weight is 345 g/mol. The molecule has 1 heterocycles. The van der Waals surface area contributed by atoms with Crippen LogP contribution in [0, 0.1) is 0 Å². The summed E-state index contributed by atoms with van der Waals surface area (Å²) in [7, 11) is 0. The van der Waals surface area contributed by atoms with Gasteiger partial charge < -0.3 is 10.4 Å². The number of para-hydroxylation sites is 2. The largest absolute Gasteiger partial charge is 0.480 e. The van der Waals surface area contributed by atoms with Crippen LogP contribution in [0.3, 0.4) is 0 Å². The van der Waals surface area contributed by atoms with E-state index >= 15 is 0 Å². The van der Waals surface area contributed by atoms with Crippen LogP contribution >= 0.6 is 0 Å². The molecule has 134 valence electrons. The molecule has 0 saturated heterocycles. The predicted molar refractivity (Wildman–Crippen MR) is 93.5 cm³/mol. The summed E-state index contributed by atoms with van der Waals surface area (Å²) in [5, 5.41) is 12.3. The first kappa shape index (κ1) is 17.3. The van der Waals surface area contributed by atoms with E-state index < -0.39 is 17.4 Å². The molecule has 0 spiro atoms. The van der Waals surface area contributed by atoms with Gasteiger partial charge in [0, 0.05) is 6.54 Å². The smallest absolute Gasteiger partial charge is 0.329 e. The molecular weight excluding hydrogens is 322 g/mol. The number of amides is 1. The van der Waals surface area contributed by atoms with Crippen LogP contribution in [0.2, 0.25) is 0 Å². The van der Waals surface area contributed by atoms with Gasteiger partial charge in [-0.2, -0.15) is 0 Å². The van der Waals surface area contributed by atoms with Crippen LogP contribution in [0.15, 0.2) is 29.1 Å². The standard InChI is InChI=1S/C18H23N3O4/c1-2-20-13-8-4-5-9-14(13)21(17(20)25)12-15(22)19-18(16(23)24)10-6-3-7-11-18/h4-5,8-9H,2-3,6-7,10-12H2,1H3,(H,19,22)(H,23,24). The number of fused-ring (bicyclic) bond motifs is 1. The highest BCUT2D eigenvalue weighted by molar-refractivity contribution is 5.88. The Morgan fingerprint density at radius 3 is 2.28 bits per heavy atom. The molecule has 1 fully saturated rings. The lowest BCUT2D eigenvalue weighted by Crippen LogP contribution is -2.56. The normalized spacial score (nSPS) is 16.7. The molecule has 0 radical (unpaired) electrons. The van der Waals surface area contributed by atoms with Gasteiger partial charge in [0.15, 0.2) is 0 Å². The molecular formula is C18H23N3O4. The number of hydrogen-bond acceptors (Lipinski definition) is 3. The SMILES string of the molecule is CCn1c(=O)n(CC(=O)NC2(C(=O)O)CCCCC2)c2ccccc21. The molecule has 1 aliphatic rings. The van der Waals surface area contributed by atoms with Gasteiger partial charge in [-0.1, -0.05) is 31.4 Å². The van der Waals surface area contributed by atoms with Crippen molar-refractivity contribution >= 4 is 22.9 Å². The zero-order valence-corrected chi connectivity index (χ0v) is 14.3. The summed E-state index contributed by atoms with van der Waals surface area (Å²) in [5.74, 6) is -1.44. The number of carbonyl (C=O) groups is 2. The van der Waals surface area contributed by atoms with Crippen molar-refractivity contribution in [1.82, 2.24) is 14.5 Å². The fraction of sp³-hybridized carbons (Fsp3) is 0.500. The summed E-state index contributed by atoms with van der Waals surface area (Å²) >= 11 is 0. The van der Waals surface area contributed by atoms with Gasteiger partial charge in [0.05, 0.1) is 11.0 Å². The topological polar surface area (TPSA) is 93.3 Å². The summed E-state index contributed by atoms with van der Waals surface area (Å²) in [6, 6.07) is 7.30. The Labute approximate surface area is 145 Å². The third kappa shape index (κ3) is 3.06.